The van der Waals surface area contributed by atoms with Crippen LogP contribution in [0.3, 0.4) is 0 Å². The number of nitrogens with one attached hydrogen (secondary N) is 1. The van der Waals surface area contributed by atoms with Crippen molar-refractivity contribution in [2.24, 2.45) is 7.05 Å². The van der Waals surface area contributed by atoms with Gasteiger partial charge in [0, 0.05) is 13.6 Å². The van der Waals surface area contributed by atoms with E-state index in [0.29, 0.717) is 0 Å². The zero-order valence-corrected chi connectivity index (χ0v) is 10.9. The van der Waals surface area contributed by atoms with Gasteiger partial charge in [0.2, 0.25) is 0 Å². The maximum atomic E-state index is 11.8. The lowest BCUT2D eigenvalue weighted by Crippen LogP contribution is -2.28. The van der Waals surface area contributed by atoms with E-state index in [1.807, 2.05) is 0 Å². The van der Waals surface area contributed by atoms with Crippen LogP contribution >= 0.6 is 11.6 Å². The summed E-state index contributed by atoms with van der Waals surface area (Å²) in [5.41, 5.74) is 0. The summed E-state index contributed by atoms with van der Waals surface area (Å²) in [6.07, 6.45) is 1.18. The van der Waals surface area contributed by atoms with E-state index in [1.54, 1.807) is 0 Å². The molecule has 1 rings (SSSR count). The number of rotatable bonds is 5. The minimum atomic E-state index is -3.77. The van der Waals surface area contributed by atoms with Gasteiger partial charge in [0.05, 0.1) is 24.8 Å². The van der Waals surface area contributed by atoms with Gasteiger partial charge in [0.25, 0.3) is 10.0 Å². The minimum Gasteiger partial charge on any atom is -0.469 e. The molecule has 0 amide bonds. The van der Waals surface area contributed by atoms with Crippen LogP contribution in [-0.4, -0.2) is 37.8 Å². The van der Waals surface area contributed by atoms with Crippen LogP contribution in [-0.2, 0) is 26.6 Å². The number of sulfonamides is 1. The third-order valence-electron chi connectivity index (χ3n) is 1.95. The van der Waals surface area contributed by atoms with Crippen molar-refractivity contribution >= 4 is 27.6 Å². The predicted molar refractivity (Wildman–Crippen MR) is 60.0 cm³/mol. The van der Waals surface area contributed by atoms with Gasteiger partial charge in [-0.1, -0.05) is 11.6 Å². The second-order valence-electron chi connectivity index (χ2n) is 3.15. The topological polar surface area (TPSA) is 90.3 Å². The van der Waals surface area contributed by atoms with Gasteiger partial charge in [-0.25, -0.2) is 13.1 Å². The highest BCUT2D eigenvalue weighted by molar-refractivity contribution is 7.89. The Morgan fingerprint density at radius 1 is 1.65 bits per heavy atom. The summed E-state index contributed by atoms with van der Waals surface area (Å²) in [5, 5.41) is 3.61. The standard InChI is InChI=1S/C8H12ClN3O4S/c1-12-8(6(9)5-10-12)17(14,15)11-4-3-7(13)16-2/h5,11H,3-4H2,1-2H3. The number of hydrogen-bond acceptors (Lipinski definition) is 5. The van der Waals surface area contributed by atoms with E-state index in [4.69, 9.17) is 11.6 Å². The molecule has 0 unspecified atom stereocenters. The number of nitrogens with zero attached hydrogens (tertiary/aromatic N) is 2. The second kappa shape index (κ2) is 5.48. The fourth-order valence-electron chi connectivity index (χ4n) is 1.16. The summed E-state index contributed by atoms with van der Waals surface area (Å²) in [6.45, 7) is -0.0590. The fourth-order valence-corrected chi connectivity index (χ4v) is 2.84. The maximum Gasteiger partial charge on any atom is 0.306 e. The molecule has 0 aliphatic rings. The monoisotopic (exact) mass is 281 g/mol. The second-order valence-corrected chi connectivity index (χ2v) is 5.23. The lowest BCUT2D eigenvalue weighted by Gasteiger charge is -2.06. The maximum absolute atomic E-state index is 11.8. The number of halogens is 1. The molecule has 1 N–H and O–H groups in total. The molecule has 1 aromatic rings. The summed E-state index contributed by atoms with van der Waals surface area (Å²) in [6, 6.07) is 0. The molecule has 96 valence electrons. The van der Waals surface area contributed by atoms with Gasteiger partial charge >= 0.3 is 5.97 Å². The molecule has 7 nitrogen and oxygen atoms in total. The van der Waals surface area contributed by atoms with Gasteiger partial charge in [-0.15, -0.1) is 0 Å². The largest absolute Gasteiger partial charge is 0.469 e. The van der Waals surface area contributed by atoms with Gasteiger partial charge in [0.15, 0.2) is 5.03 Å². The fraction of sp³-hybridized carbons (Fsp3) is 0.500. The van der Waals surface area contributed by atoms with Crippen molar-refractivity contribution in [3.8, 4) is 0 Å². The lowest BCUT2D eigenvalue weighted by molar-refractivity contribution is -0.140. The number of aromatic nitrogens is 2. The minimum absolute atomic E-state index is 0.0260. The zero-order valence-electron chi connectivity index (χ0n) is 9.31. The molecule has 0 saturated carbocycles. The SMILES string of the molecule is COC(=O)CCNS(=O)(=O)c1c(Cl)cnn1C. The van der Waals surface area contributed by atoms with Crippen molar-refractivity contribution in [3.63, 3.8) is 0 Å². The highest BCUT2D eigenvalue weighted by atomic mass is 35.5. The molecule has 0 bridgehead atoms. The molecule has 0 aromatic carbocycles. The summed E-state index contributed by atoms with van der Waals surface area (Å²) in [5.74, 6) is -0.496. The molecule has 0 spiro atoms. The third-order valence-corrected chi connectivity index (χ3v) is 3.91. The molecule has 0 aliphatic carbocycles. The first kappa shape index (κ1) is 13.9. The van der Waals surface area contributed by atoms with Crippen molar-refractivity contribution in [1.29, 1.82) is 0 Å². The molecule has 0 radical (unpaired) electrons. The average molecular weight is 282 g/mol. The van der Waals surface area contributed by atoms with E-state index < -0.39 is 16.0 Å². The number of carbonyl (C=O) groups is 1. The van der Waals surface area contributed by atoms with Crippen LogP contribution in [0, 0.1) is 0 Å². The van der Waals surface area contributed by atoms with E-state index in [0.717, 1.165) is 4.68 Å². The quantitative estimate of drug-likeness (QED) is 0.762. The zero-order chi connectivity index (χ0) is 13.1. The van der Waals surface area contributed by atoms with Crippen LogP contribution in [0.5, 0.6) is 0 Å². The van der Waals surface area contributed by atoms with Crippen LogP contribution in [0.2, 0.25) is 5.02 Å². The van der Waals surface area contributed by atoms with Crippen LogP contribution in [0.25, 0.3) is 0 Å². The summed E-state index contributed by atoms with van der Waals surface area (Å²) < 4.78 is 31.4. The van der Waals surface area contributed by atoms with E-state index in [9.17, 15) is 13.2 Å². The van der Waals surface area contributed by atoms with Crippen molar-refractivity contribution in [2.75, 3.05) is 13.7 Å². The summed E-state index contributed by atoms with van der Waals surface area (Å²) >= 11 is 5.70. The Kier molecular flexibility index (Phi) is 4.49. The molecule has 0 atom stereocenters. The molecule has 1 heterocycles. The van der Waals surface area contributed by atoms with Crippen molar-refractivity contribution in [2.45, 2.75) is 11.4 Å². The number of esters is 1. The van der Waals surface area contributed by atoms with E-state index in [2.05, 4.69) is 14.6 Å². The average Bonchev–Trinajstić information content (AvgIpc) is 2.58. The Labute approximate surface area is 104 Å². The molecule has 9 heteroatoms. The molecule has 0 fully saturated rings. The van der Waals surface area contributed by atoms with Gasteiger partial charge in [-0.2, -0.15) is 5.10 Å². The van der Waals surface area contributed by atoms with Crippen molar-refractivity contribution in [3.05, 3.63) is 11.2 Å². The van der Waals surface area contributed by atoms with Gasteiger partial charge in [-0.3, -0.25) is 9.48 Å². The van der Waals surface area contributed by atoms with Gasteiger partial charge in [0.1, 0.15) is 0 Å². The van der Waals surface area contributed by atoms with Gasteiger partial charge < -0.3 is 4.74 Å². The highest BCUT2D eigenvalue weighted by Gasteiger charge is 2.22. The van der Waals surface area contributed by atoms with E-state index in [1.165, 1.54) is 20.4 Å². The van der Waals surface area contributed by atoms with Crippen molar-refractivity contribution in [1.82, 2.24) is 14.5 Å². The Morgan fingerprint density at radius 2 is 2.29 bits per heavy atom. The number of carbonyl (C=O) groups excluding carboxylic acids is 1. The first-order chi connectivity index (χ1) is 7.88. The Hall–Kier alpha value is -1.12. The first-order valence-corrected chi connectivity index (χ1v) is 6.48. The number of aryl methyl sites for hydroxylation is 1. The highest BCUT2D eigenvalue weighted by Crippen LogP contribution is 2.19. The van der Waals surface area contributed by atoms with E-state index in [-0.39, 0.29) is 23.0 Å². The molecular weight excluding hydrogens is 270 g/mol. The molecule has 17 heavy (non-hydrogen) atoms. The van der Waals surface area contributed by atoms with Crippen LogP contribution in [0.1, 0.15) is 6.42 Å². The summed E-state index contributed by atoms with van der Waals surface area (Å²) in [7, 11) is -1.08. The Morgan fingerprint density at radius 3 is 2.76 bits per heavy atom. The van der Waals surface area contributed by atoms with Crippen LogP contribution < -0.4 is 4.72 Å². The molecule has 0 saturated heterocycles. The number of methoxy groups -OCH3 is 1. The number of ether oxygens (including phenoxy) is 1. The number of hydrogen-bond donors (Lipinski definition) is 1. The van der Waals surface area contributed by atoms with Crippen molar-refractivity contribution < 1.29 is 17.9 Å². The molecule has 1 aromatic heterocycles. The van der Waals surface area contributed by atoms with Gasteiger partial charge in [-0.05, 0) is 0 Å². The predicted octanol–water partition coefficient (Wildman–Crippen LogP) is -0.0851. The molecular formula is C8H12ClN3O4S. The normalized spacial score (nSPS) is 11.5. The Bertz CT molecular complexity index is 491. The smallest absolute Gasteiger partial charge is 0.306 e. The van der Waals surface area contributed by atoms with Crippen LogP contribution in [0.15, 0.2) is 11.2 Å². The molecule has 0 aliphatic heterocycles. The lowest BCUT2D eigenvalue weighted by atomic mass is 10.4. The summed E-state index contributed by atoms with van der Waals surface area (Å²) in [4.78, 5) is 10.8. The van der Waals surface area contributed by atoms with E-state index >= 15 is 0 Å². The van der Waals surface area contributed by atoms with Crippen LogP contribution in [0.4, 0.5) is 0 Å². The Balaban J connectivity index is 2.73. The first-order valence-electron chi connectivity index (χ1n) is 4.62. The third kappa shape index (κ3) is 3.42.